The minimum atomic E-state index is -3.25. The smallest absolute Gasteiger partial charge is 0.212 e. The van der Waals surface area contributed by atoms with Crippen LogP contribution in [0.3, 0.4) is 0 Å². The van der Waals surface area contributed by atoms with Gasteiger partial charge in [-0.1, -0.05) is 13.8 Å². The molecule has 0 aliphatic heterocycles. The molecule has 110 valence electrons. The van der Waals surface area contributed by atoms with E-state index in [0.29, 0.717) is 24.1 Å². The van der Waals surface area contributed by atoms with Crippen molar-refractivity contribution in [3.8, 4) is 0 Å². The third-order valence-electron chi connectivity index (χ3n) is 2.50. The zero-order chi connectivity index (χ0) is 14.3. The first-order chi connectivity index (χ1) is 8.89. The van der Waals surface area contributed by atoms with Crippen LogP contribution in [0.25, 0.3) is 0 Å². The summed E-state index contributed by atoms with van der Waals surface area (Å²) in [7, 11) is -3.25. The molecule has 0 aliphatic rings. The van der Waals surface area contributed by atoms with E-state index >= 15 is 0 Å². The molecule has 0 saturated heterocycles. The third-order valence-corrected chi connectivity index (χ3v) is 3.92. The normalized spacial score (nSPS) is 12.2. The van der Waals surface area contributed by atoms with Gasteiger partial charge in [0.25, 0.3) is 0 Å². The maximum absolute atomic E-state index is 11.7. The summed E-state index contributed by atoms with van der Waals surface area (Å²) in [6, 6.07) is 0.433. The van der Waals surface area contributed by atoms with Gasteiger partial charge in [0.15, 0.2) is 0 Å². The molecule has 0 bridgehead atoms. The van der Waals surface area contributed by atoms with Crippen LogP contribution in [-0.4, -0.2) is 31.7 Å². The van der Waals surface area contributed by atoms with Gasteiger partial charge in [0.05, 0.1) is 18.5 Å². The molecular formula is C12H23N3O3S. The van der Waals surface area contributed by atoms with Gasteiger partial charge in [-0.05, 0) is 26.3 Å². The summed E-state index contributed by atoms with van der Waals surface area (Å²) < 4.78 is 31.1. The lowest BCUT2D eigenvalue weighted by atomic mass is 10.3. The number of unbranched alkanes of at least 4 members (excludes halogenated alkanes) is 1. The van der Waals surface area contributed by atoms with E-state index in [2.05, 4.69) is 28.9 Å². The van der Waals surface area contributed by atoms with Crippen LogP contribution in [-0.2, 0) is 16.6 Å². The number of nitrogens with one attached hydrogen (secondary N) is 2. The number of oxazole rings is 1. The van der Waals surface area contributed by atoms with Crippen LogP contribution in [0.1, 0.15) is 38.3 Å². The predicted octanol–water partition coefficient (Wildman–Crippen LogP) is 1.18. The van der Waals surface area contributed by atoms with Crippen LogP contribution in [0.4, 0.5) is 0 Å². The summed E-state index contributed by atoms with van der Waals surface area (Å²) in [5.74, 6) is 1.20. The van der Waals surface area contributed by atoms with Crippen molar-refractivity contribution in [1.82, 2.24) is 15.0 Å². The summed E-state index contributed by atoms with van der Waals surface area (Å²) in [5, 5.41) is 3.25. The second-order valence-corrected chi connectivity index (χ2v) is 6.75. The molecule has 0 radical (unpaired) electrons. The molecule has 19 heavy (non-hydrogen) atoms. The second kappa shape index (κ2) is 7.62. The van der Waals surface area contributed by atoms with E-state index in [-0.39, 0.29) is 12.3 Å². The molecule has 0 spiro atoms. The Morgan fingerprint density at radius 2 is 2.11 bits per heavy atom. The summed E-state index contributed by atoms with van der Waals surface area (Å²) in [6.45, 7) is 6.85. The van der Waals surface area contributed by atoms with E-state index < -0.39 is 10.0 Å². The van der Waals surface area contributed by atoms with E-state index in [9.17, 15) is 8.42 Å². The van der Waals surface area contributed by atoms with Crippen LogP contribution in [0.2, 0.25) is 0 Å². The largest absolute Gasteiger partial charge is 0.445 e. The fourth-order valence-electron chi connectivity index (χ4n) is 1.53. The summed E-state index contributed by atoms with van der Waals surface area (Å²) in [4.78, 5) is 3.94. The number of aromatic nitrogens is 1. The van der Waals surface area contributed by atoms with E-state index in [0.717, 1.165) is 13.0 Å². The predicted molar refractivity (Wildman–Crippen MR) is 74.2 cm³/mol. The molecule has 1 heterocycles. The molecule has 0 aliphatic carbocycles. The SMILES string of the molecule is Cc1cnc(CNS(=O)(=O)CCCCNC(C)C)o1. The number of nitrogens with zero attached hydrogens (tertiary/aromatic N) is 1. The van der Waals surface area contributed by atoms with Gasteiger partial charge in [-0.2, -0.15) is 0 Å². The molecule has 7 heteroatoms. The maximum atomic E-state index is 11.7. The fourth-order valence-corrected chi connectivity index (χ4v) is 2.61. The van der Waals surface area contributed by atoms with Crippen LogP contribution in [0, 0.1) is 6.92 Å². The topological polar surface area (TPSA) is 84.2 Å². The average molecular weight is 289 g/mol. The number of hydrogen-bond acceptors (Lipinski definition) is 5. The Kier molecular flexibility index (Phi) is 6.47. The molecule has 2 N–H and O–H groups in total. The summed E-state index contributed by atoms with van der Waals surface area (Å²) in [5.41, 5.74) is 0. The molecule has 1 rings (SSSR count). The van der Waals surface area contributed by atoms with Crippen molar-refractivity contribution in [1.29, 1.82) is 0 Å². The van der Waals surface area contributed by atoms with Gasteiger partial charge >= 0.3 is 0 Å². The van der Waals surface area contributed by atoms with Crippen molar-refractivity contribution in [3.63, 3.8) is 0 Å². The van der Waals surface area contributed by atoms with Crippen LogP contribution in [0.15, 0.2) is 10.6 Å². The molecule has 6 nitrogen and oxygen atoms in total. The van der Waals surface area contributed by atoms with Crippen molar-refractivity contribution in [2.24, 2.45) is 0 Å². The Bertz CT molecular complexity index is 468. The Hall–Kier alpha value is -0.920. The molecular weight excluding hydrogens is 266 g/mol. The minimum Gasteiger partial charge on any atom is -0.445 e. The molecule has 0 atom stereocenters. The van der Waals surface area contributed by atoms with Crippen molar-refractivity contribution < 1.29 is 12.8 Å². The molecule has 1 aromatic heterocycles. The lowest BCUT2D eigenvalue weighted by Crippen LogP contribution is -2.27. The van der Waals surface area contributed by atoms with Crippen LogP contribution in [0.5, 0.6) is 0 Å². The monoisotopic (exact) mass is 289 g/mol. The highest BCUT2D eigenvalue weighted by Crippen LogP contribution is 2.02. The maximum Gasteiger partial charge on any atom is 0.212 e. The minimum absolute atomic E-state index is 0.112. The second-order valence-electron chi connectivity index (χ2n) is 4.82. The zero-order valence-electron chi connectivity index (χ0n) is 11.8. The van der Waals surface area contributed by atoms with Crippen LogP contribution >= 0.6 is 0 Å². The Morgan fingerprint density at radius 1 is 1.37 bits per heavy atom. The molecule has 0 amide bonds. The Morgan fingerprint density at radius 3 is 2.68 bits per heavy atom. The van der Waals surface area contributed by atoms with Gasteiger partial charge in [-0.25, -0.2) is 18.1 Å². The zero-order valence-corrected chi connectivity index (χ0v) is 12.6. The molecule has 0 aromatic carbocycles. The highest BCUT2D eigenvalue weighted by atomic mass is 32.2. The molecule has 0 fully saturated rings. The van der Waals surface area contributed by atoms with Crippen LogP contribution < -0.4 is 10.0 Å². The highest BCUT2D eigenvalue weighted by molar-refractivity contribution is 7.89. The number of hydrogen-bond donors (Lipinski definition) is 2. The van der Waals surface area contributed by atoms with E-state index in [4.69, 9.17) is 4.42 Å². The van der Waals surface area contributed by atoms with E-state index in [1.807, 2.05) is 0 Å². The quantitative estimate of drug-likeness (QED) is 0.667. The molecule has 0 unspecified atom stereocenters. The van der Waals surface area contributed by atoms with Crippen molar-refractivity contribution in [3.05, 3.63) is 17.8 Å². The van der Waals surface area contributed by atoms with Crippen molar-refractivity contribution >= 4 is 10.0 Å². The fraction of sp³-hybridized carbons (Fsp3) is 0.750. The van der Waals surface area contributed by atoms with Gasteiger partial charge in [-0.15, -0.1) is 0 Å². The number of sulfonamides is 1. The average Bonchev–Trinajstić information content (AvgIpc) is 2.72. The van der Waals surface area contributed by atoms with E-state index in [1.165, 1.54) is 0 Å². The molecule has 0 saturated carbocycles. The van der Waals surface area contributed by atoms with Gasteiger partial charge in [0.1, 0.15) is 5.76 Å². The van der Waals surface area contributed by atoms with Crippen molar-refractivity contribution in [2.45, 2.75) is 46.2 Å². The highest BCUT2D eigenvalue weighted by Gasteiger charge is 2.11. The standard InChI is InChI=1S/C12H23N3O3S/c1-10(2)13-6-4-5-7-19(16,17)15-9-12-14-8-11(3)18-12/h8,10,13,15H,4-7,9H2,1-3H3. The van der Waals surface area contributed by atoms with Crippen molar-refractivity contribution in [2.75, 3.05) is 12.3 Å². The van der Waals surface area contributed by atoms with E-state index in [1.54, 1.807) is 13.1 Å². The first kappa shape index (κ1) is 16.1. The van der Waals surface area contributed by atoms with Gasteiger partial charge in [0, 0.05) is 6.04 Å². The third kappa shape index (κ3) is 7.29. The van der Waals surface area contributed by atoms with Gasteiger partial charge in [-0.3, -0.25) is 0 Å². The van der Waals surface area contributed by atoms with Gasteiger partial charge < -0.3 is 9.73 Å². The number of rotatable bonds is 9. The Labute approximate surface area is 115 Å². The Balaban J connectivity index is 2.21. The lowest BCUT2D eigenvalue weighted by molar-refractivity contribution is 0.463. The lowest BCUT2D eigenvalue weighted by Gasteiger charge is -2.08. The summed E-state index contributed by atoms with van der Waals surface area (Å²) >= 11 is 0. The summed E-state index contributed by atoms with van der Waals surface area (Å²) in [6.07, 6.45) is 3.05. The first-order valence-electron chi connectivity index (χ1n) is 6.51. The molecule has 1 aromatic rings. The first-order valence-corrected chi connectivity index (χ1v) is 8.16. The van der Waals surface area contributed by atoms with Gasteiger partial charge in [0.2, 0.25) is 15.9 Å². The number of aryl methyl sites for hydroxylation is 1.